The minimum atomic E-state index is -1.07. The van der Waals surface area contributed by atoms with Crippen LogP contribution in [-0.2, 0) is 9.59 Å². The molecule has 1 aromatic carbocycles. The number of hydrogen-bond donors (Lipinski definition) is 5. The molecule has 2 heterocycles. The van der Waals surface area contributed by atoms with Gasteiger partial charge in [-0.1, -0.05) is 24.3 Å². The SMILES string of the molecule is O=C1C=CC=CC1=C1NCN(c2cc(C(=O)O)cc(N3CNC(=C4C=CC=CC4=O)N3)c2)N1. The summed E-state index contributed by atoms with van der Waals surface area (Å²) in [7, 11) is 0. The number of anilines is 2. The normalized spacial score (nSPS) is 23.5. The number of carbonyl (C=O) groups excluding carboxylic acids is 2. The molecule has 2 saturated heterocycles. The van der Waals surface area contributed by atoms with Gasteiger partial charge in [0.1, 0.15) is 25.0 Å². The van der Waals surface area contributed by atoms with Gasteiger partial charge in [-0.2, -0.15) is 0 Å². The van der Waals surface area contributed by atoms with Gasteiger partial charge >= 0.3 is 5.97 Å². The van der Waals surface area contributed by atoms with Crippen molar-refractivity contribution in [3.8, 4) is 0 Å². The maximum Gasteiger partial charge on any atom is 0.335 e. The second-order valence-corrected chi connectivity index (χ2v) is 7.54. The van der Waals surface area contributed by atoms with E-state index in [1.807, 2.05) is 6.07 Å². The van der Waals surface area contributed by atoms with Gasteiger partial charge in [-0.25, -0.2) is 4.79 Å². The van der Waals surface area contributed by atoms with Crippen LogP contribution in [0.5, 0.6) is 0 Å². The van der Waals surface area contributed by atoms with Gasteiger partial charge in [0.15, 0.2) is 11.6 Å². The molecule has 10 heteroatoms. The predicted octanol–water partition coefficient (Wildman–Crippen LogP) is 0.942. The van der Waals surface area contributed by atoms with Crippen LogP contribution < -0.4 is 31.5 Å². The number of carbonyl (C=O) groups is 3. The van der Waals surface area contributed by atoms with Gasteiger partial charge in [0.25, 0.3) is 0 Å². The van der Waals surface area contributed by atoms with Crippen LogP contribution in [0.3, 0.4) is 0 Å². The first-order valence-electron chi connectivity index (χ1n) is 10.2. The van der Waals surface area contributed by atoms with Crippen molar-refractivity contribution in [1.82, 2.24) is 21.5 Å². The lowest BCUT2D eigenvalue weighted by atomic mass is 10.1. The number of hydrogen-bond acceptors (Lipinski definition) is 9. The number of aromatic carboxylic acids is 1. The molecule has 0 radical (unpaired) electrons. The molecule has 33 heavy (non-hydrogen) atoms. The third-order valence-electron chi connectivity index (χ3n) is 5.41. The lowest BCUT2D eigenvalue weighted by Crippen LogP contribution is -2.33. The number of allylic oxidation sites excluding steroid dienone is 10. The van der Waals surface area contributed by atoms with Crippen molar-refractivity contribution in [3.63, 3.8) is 0 Å². The highest BCUT2D eigenvalue weighted by Crippen LogP contribution is 2.27. The molecule has 2 aliphatic carbocycles. The standard InChI is InChI=1S/C23H20N6O4/c30-19-7-3-1-5-17(19)21-24-12-28(26-21)15-9-14(23(32)33)10-16(11-15)29-13-25-22(27-29)18-6-2-4-8-20(18)31/h1-11,24-27H,12-13H2,(H,32,33). The number of nitrogens with zero attached hydrogens (tertiary/aromatic N) is 2. The van der Waals surface area contributed by atoms with Crippen molar-refractivity contribution in [2.75, 3.05) is 23.4 Å². The smallest absolute Gasteiger partial charge is 0.335 e. The average molecular weight is 444 g/mol. The Bertz CT molecular complexity index is 1170. The van der Waals surface area contributed by atoms with Gasteiger partial charge in [-0.15, -0.1) is 0 Å². The molecule has 0 bridgehead atoms. The molecule has 0 atom stereocenters. The molecule has 2 aliphatic heterocycles. The maximum atomic E-state index is 12.1. The number of rotatable bonds is 3. The number of carboxylic acid groups (broad SMARTS) is 1. The Morgan fingerprint density at radius 2 is 1.18 bits per heavy atom. The highest BCUT2D eigenvalue weighted by Gasteiger charge is 2.25. The zero-order chi connectivity index (χ0) is 22.9. The predicted molar refractivity (Wildman–Crippen MR) is 121 cm³/mol. The molecule has 2 fully saturated rings. The van der Waals surface area contributed by atoms with Crippen LogP contribution in [0, 0.1) is 0 Å². The van der Waals surface area contributed by atoms with E-state index in [0.29, 0.717) is 47.5 Å². The Balaban J connectivity index is 1.43. The van der Waals surface area contributed by atoms with E-state index in [4.69, 9.17) is 0 Å². The molecule has 0 saturated carbocycles. The molecule has 4 aliphatic rings. The fourth-order valence-electron chi connectivity index (χ4n) is 3.74. The summed E-state index contributed by atoms with van der Waals surface area (Å²) in [6.45, 7) is 0.664. The van der Waals surface area contributed by atoms with Crippen molar-refractivity contribution in [1.29, 1.82) is 0 Å². The van der Waals surface area contributed by atoms with E-state index in [9.17, 15) is 19.5 Å². The molecule has 1 aromatic rings. The Hall–Kier alpha value is -4.73. The third-order valence-corrected chi connectivity index (χ3v) is 5.41. The number of nitrogens with one attached hydrogen (secondary N) is 4. The summed E-state index contributed by atoms with van der Waals surface area (Å²) in [5.41, 5.74) is 8.55. The Labute approximate surface area is 188 Å². The van der Waals surface area contributed by atoms with E-state index < -0.39 is 5.97 Å². The second-order valence-electron chi connectivity index (χ2n) is 7.54. The molecule has 0 aromatic heterocycles. The first-order valence-corrected chi connectivity index (χ1v) is 10.2. The zero-order valence-electron chi connectivity index (χ0n) is 17.3. The molecule has 5 N–H and O–H groups in total. The largest absolute Gasteiger partial charge is 0.478 e. The molecule has 0 amide bonds. The van der Waals surface area contributed by atoms with Gasteiger partial charge < -0.3 is 15.7 Å². The van der Waals surface area contributed by atoms with Crippen molar-refractivity contribution < 1.29 is 19.5 Å². The topological polar surface area (TPSA) is 126 Å². The van der Waals surface area contributed by atoms with Crippen LogP contribution in [0.25, 0.3) is 0 Å². The molecular weight excluding hydrogens is 424 g/mol. The van der Waals surface area contributed by atoms with E-state index in [2.05, 4.69) is 21.5 Å². The highest BCUT2D eigenvalue weighted by atomic mass is 16.4. The summed E-state index contributed by atoms with van der Waals surface area (Å²) >= 11 is 0. The van der Waals surface area contributed by atoms with E-state index in [0.717, 1.165) is 0 Å². The number of ketones is 2. The van der Waals surface area contributed by atoms with Crippen LogP contribution in [0.4, 0.5) is 11.4 Å². The summed E-state index contributed by atoms with van der Waals surface area (Å²) in [6.07, 6.45) is 13.3. The summed E-state index contributed by atoms with van der Waals surface area (Å²) in [5, 5.41) is 19.4. The maximum absolute atomic E-state index is 12.1. The summed E-state index contributed by atoms with van der Waals surface area (Å²) in [6, 6.07) is 4.91. The highest BCUT2D eigenvalue weighted by molar-refractivity contribution is 6.08. The number of carboxylic acids is 1. The lowest BCUT2D eigenvalue weighted by Gasteiger charge is -2.22. The molecular formula is C23H20N6O4. The summed E-state index contributed by atoms with van der Waals surface area (Å²) in [4.78, 5) is 36.1. The second kappa shape index (κ2) is 8.08. The van der Waals surface area contributed by atoms with E-state index in [1.54, 1.807) is 58.6 Å². The zero-order valence-corrected chi connectivity index (χ0v) is 17.3. The van der Waals surface area contributed by atoms with E-state index in [-0.39, 0.29) is 17.1 Å². The van der Waals surface area contributed by atoms with Crippen LogP contribution in [0.2, 0.25) is 0 Å². The monoisotopic (exact) mass is 444 g/mol. The molecule has 0 unspecified atom stereocenters. The Kier molecular flexibility index (Phi) is 4.94. The lowest BCUT2D eigenvalue weighted by molar-refractivity contribution is -0.112. The van der Waals surface area contributed by atoms with Gasteiger partial charge in [-0.05, 0) is 42.5 Å². The molecule has 0 spiro atoms. The van der Waals surface area contributed by atoms with Crippen molar-refractivity contribution in [2.24, 2.45) is 0 Å². The number of hydrazine groups is 2. The third kappa shape index (κ3) is 3.85. The van der Waals surface area contributed by atoms with Crippen LogP contribution in [-0.4, -0.2) is 36.0 Å². The minimum Gasteiger partial charge on any atom is -0.478 e. The van der Waals surface area contributed by atoms with Gasteiger partial charge in [-0.3, -0.25) is 30.5 Å². The molecule has 10 nitrogen and oxygen atoms in total. The van der Waals surface area contributed by atoms with Crippen molar-refractivity contribution in [3.05, 3.63) is 95.2 Å². The average Bonchev–Trinajstić information content (AvgIpc) is 3.50. The van der Waals surface area contributed by atoms with Gasteiger partial charge in [0.2, 0.25) is 0 Å². The van der Waals surface area contributed by atoms with Gasteiger partial charge in [0, 0.05) is 0 Å². The molecule has 166 valence electrons. The van der Waals surface area contributed by atoms with Crippen molar-refractivity contribution in [2.45, 2.75) is 0 Å². The van der Waals surface area contributed by atoms with Crippen LogP contribution in [0.15, 0.2) is 89.6 Å². The quantitative estimate of drug-likeness (QED) is 0.430. The fourth-order valence-corrected chi connectivity index (χ4v) is 3.74. The first-order chi connectivity index (χ1) is 16.0. The fraction of sp³-hybridized carbons (Fsp3) is 0.0870. The minimum absolute atomic E-state index is 0.0986. The van der Waals surface area contributed by atoms with Crippen molar-refractivity contribution >= 4 is 28.9 Å². The Morgan fingerprint density at radius 1 is 0.727 bits per heavy atom. The Morgan fingerprint density at radius 3 is 1.61 bits per heavy atom. The van der Waals surface area contributed by atoms with E-state index in [1.165, 1.54) is 12.2 Å². The van der Waals surface area contributed by atoms with Gasteiger partial charge in [0.05, 0.1) is 28.1 Å². The van der Waals surface area contributed by atoms with Crippen LogP contribution >= 0.6 is 0 Å². The molecule has 5 rings (SSSR count). The summed E-state index contributed by atoms with van der Waals surface area (Å²) in [5.74, 6) is -0.217. The first kappa shape index (κ1) is 20.2. The van der Waals surface area contributed by atoms with E-state index >= 15 is 0 Å². The van der Waals surface area contributed by atoms with Crippen LogP contribution in [0.1, 0.15) is 10.4 Å². The summed E-state index contributed by atoms with van der Waals surface area (Å²) < 4.78 is 0. The number of benzene rings is 1.